The molecular formula is C23H29N5O2. The van der Waals surface area contributed by atoms with Gasteiger partial charge in [0.05, 0.1) is 28.5 Å². The Morgan fingerprint density at radius 3 is 2.33 bits per heavy atom. The summed E-state index contributed by atoms with van der Waals surface area (Å²) in [6.07, 6.45) is 1.18. The van der Waals surface area contributed by atoms with E-state index < -0.39 is 0 Å². The quantitative estimate of drug-likeness (QED) is 0.649. The minimum absolute atomic E-state index is 0.197. The number of piperazine rings is 1. The Kier molecular flexibility index (Phi) is 5.61. The minimum atomic E-state index is 0.197. The number of nitrogens with zero attached hydrogens (tertiary/aromatic N) is 5. The molecule has 2 aromatic heterocycles. The molecule has 0 aliphatic carbocycles. The molecule has 158 valence electrons. The lowest BCUT2D eigenvalue weighted by molar-refractivity contribution is -0.131. The van der Waals surface area contributed by atoms with E-state index in [1.807, 2.05) is 41.6 Å². The zero-order valence-electron chi connectivity index (χ0n) is 18.2. The third-order valence-electron chi connectivity index (χ3n) is 5.97. The van der Waals surface area contributed by atoms with Gasteiger partial charge in [-0.05, 0) is 46.2 Å². The van der Waals surface area contributed by atoms with Gasteiger partial charge in [0, 0.05) is 38.2 Å². The van der Waals surface area contributed by atoms with Crippen LogP contribution >= 0.6 is 0 Å². The maximum Gasteiger partial charge on any atom is 0.223 e. The van der Waals surface area contributed by atoms with E-state index in [2.05, 4.69) is 36.0 Å². The molecule has 1 saturated heterocycles. The van der Waals surface area contributed by atoms with E-state index in [4.69, 9.17) is 9.62 Å². The van der Waals surface area contributed by atoms with Crippen molar-refractivity contribution in [1.82, 2.24) is 19.8 Å². The van der Waals surface area contributed by atoms with Crippen molar-refractivity contribution in [2.45, 2.75) is 40.5 Å². The predicted molar refractivity (Wildman–Crippen MR) is 116 cm³/mol. The summed E-state index contributed by atoms with van der Waals surface area (Å²) in [5.74, 6) is 1.01. The van der Waals surface area contributed by atoms with Gasteiger partial charge in [-0.1, -0.05) is 23.4 Å². The number of carbonyl (C=O) groups is 1. The van der Waals surface area contributed by atoms with Crippen LogP contribution in [0.4, 0.5) is 5.69 Å². The van der Waals surface area contributed by atoms with Gasteiger partial charge in [0.1, 0.15) is 5.76 Å². The zero-order valence-corrected chi connectivity index (χ0v) is 18.2. The van der Waals surface area contributed by atoms with Crippen molar-refractivity contribution in [3.8, 4) is 5.69 Å². The van der Waals surface area contributed by atoms with Gasteiger partial charge < -0.3 is 14.3 Å². The molecule has 0 spiro atoms. The van der Waals surface area contributed by atoms with E-state index in [1.165, 1.54) is 5.69 Å². The second kappa shape index (κ2) is 8.34. The standard InChI is InChI=1S/C23H29N5O2/c1-16-21(19(4)30-25-16)10-11-22(29)26-12-14-27(15-13-26)23-17(2)24-28(18(23)3)20-8-6-5-7-9-20/h5-9H,10-15H2,1-4H3. The highest BCUT2D eigenvalue weighted by Crippen LogP contribution is 2.28. The number of rotatable bonds is 5. The second-order valence-corrected chi connectivity index (χ2v) is 7.94. The van der Waals surface area contributed by atoms with Crippen molar-refractivity contribution < 1.29 is 9.32 Å². The van der Waals surface area contributed by atoms with Crippen LogP contribution in [0, 0.1) is 27.7 Å². The zero-order chi connectivity index (χ0) is 21.3. The fourth-order valence-corrected chi connectivity index (χ4v) is 4.34. The molecule has 3 aromatic rings. The van der Waals surface area contributed by atoms with Gasteiger partial charge >= 0.3 is 0 Å². The molecule has 1 aromatic carbocycles. The molecule has 7 nitrogen and oxygen atoms in total. The molecule has 1 amide bonds. The summed E-state index contributed by atoms with van der Waals surface area (Å²) in [4.78, 5) is 17.1. The Balaban J connectivity index is 1.39. The Morgan fingerprint density at radius 1 is 1.00 bits per heavy atom. The molecule has 0 saturated carbocycles. The monoisotopic (exact) mass is 407 g/mol. The Hall–Kier alpha value is -3.09. The van der Waals surface area contributed by atoms with E-state index in [-0.39, 0.29) is 5.91 Å². The van der Waals surface area contributed by atoms with Crippen LogP contribution in [0.2, 0.25) is 0 Å². The summed E-state index contributed by atoms with van der Waals surface area (Å²) in [5, 5.41) is 8.74. The predicted octanol–water partition coefficient (Wildman–Crippen LogP) is 3.38. The average molecular weight is 408 g/mol. The molecule has 1 aliphatic heterocycles. The minimum Gasteiger partial charge on any atom is -0.365 e. The van der Waals surface area contributed by atoms with Gasteiger partial charge in [0.2, 0.25) is 5.91 Å². The first-order valence-electron chi connectivity index (χ1n) is 10.5. The second-order valence-electron chi connectivity index (χ2n) is 7.94. The summed E-state index contributed by atoms with van der Waals surface area (Å²) in [6.45, 7) is 11.1. The van der Waals surface area contributed by atoms with Crippen molar-refractivity contribution >= 4 is 11.6 Å². The van der Waals surface area contributed by atoms with Gasteiger partial charge in [0.15, 0.2) is 0 Å². The molecule has 0 bridgehead atoms. The van der Waals surface area contributed by atoms with Crippen molar-refractivity contribution in [3.05, 3.63) is 58.7 Å². The van der Waals surface area contributed by atoms with Crippen molar-refractivity contribution in [2.75, 3.05) is 31.1 Å². The first-order valence-corrected chi connectivity index (χ1v) is 10.5. The molecule has 0 atom stereocenters. The normalized spacial score (nSPS) is 14.4. The van der Waals surface area contributed by atoms with Gasteiger partial charge in [-0.15, -0.1) is 0 Å². The lowest BCUT2D eigenvalue weighted by Gasteiger charge is -2.36. The molecular weight excluding hydrogens is 378 g/mol. The highest BCUT2D eigenvalue weighted by molar-refractivity contribution is 5.77. The largest absolute Gasteiger partial charge is 0.365 e. The van der Waals surface area contributed by atoms with E-state index in [0.717, 1.165) is 60.3 Å². The molecule has 3 heterocycles. The van der Waals surface area contributed by atoms with E-state index in [9.17, 15) is 4.79 Å². The summed E-state index contributed by atoms with van der Waals surface area (Å²) in [5.41, 5.74) is 6.35. The van der Waals surface area contributed by atoms with E-state index in [1.54, 1.807) is 0 Å². The van der Waals surface area contributed by atoms with Gasteiger partial charge in [0.25, 0.3) is 0 Å². The third-order valence-corrected chi connectivity index (χ3v) is 5.97. The average Bonchev–Trinajstić information content (AvgIpc) is 3.24. The number of amides is 1. The van der Waals surface area contributed by atoms with Gasteiger partial charge in [-0.25, -0.2) is 4.68 Å². The Morgan fingerprint density at radius 2 is 1.70 bits per heavy atom. The first kappa shape index (κ1) is 20.2. The number of benzene rings is 1. The highest BCUT2D eigenvalue weighted by Gasteiger charge is 2.25. The summed E-state index contributed by atoms with van der Waals surface area (Å²) in [6, 6.07) is 10.2. The van der Waals surface area contributed by atoms with Crippen LogP contribution in [0.15, 0.2) is 34.9 Å². The number of hydrogen-bond donors (Lipinski definition) is 0. The van der Waals surface area contributed by atoms with Crippen LogP contribution in [0.25, 0.3) is 5.69 Å². The highest BCUT2D eigenvalue weighted by atomic mass is 16.5. The maximum atomic E-state index is 12.7. The fourth-order valence-electron chi connectivity index (χ4n) is 4.34. The maximum absolute atomic E-state index is 12.7. The molecule has 0 N–H and O–H groups in total. The molecule has 1 aliphatic rings. The number of aromatic nitrogens is 3. The van der Waals surface area contributed by atoms with Crippen LogP contribution in [0.3, 0.4) is 0 Å². The molecule has 30 heavy (non-hydrogen) atoms. The Bertz CT molecular complexity index is 1010. The smallest absolute Gasteiger partial charge is 0.223 e. The number of hydrogen-bond acceptors (Lipinski definition) is 5. The molecule has 0 radical (unpaired) electrons. The van der Waals surface area contributed by atoms with Crippen molar-refractivity contribution in [3.63, 3.8) is 0 Å². The van der Waals surface area contributed by atoms with Crippen LogP contribution in [-0.2, 0) is 11.2 Å². The van der Waals surface area contributed by atoms with E-state index in [0.29, 0.717) is 12.8 Å². The summed E-state index contributed by atoms with van der Waals surface area (Å²) < 4.78 is 7.21. The van der Waals surface area contributed by atoms with Gasteiger partial charge in [-0.3, -0.25) is 4.79 Å². The number of para-hydroxylation sites is 1. The summed E-state index contributed by atoms with van der Waals surface area (Å²) >= 11 is 0. The SMILES string of the molecule is Cc1noc(C)c1CCC(=O)N1CCN(c2c(C)nn(-c3ccccc3)c2C)CC1. The molecule has 1 fully saturated rings. The van der Waals surface area contributed by atoms with Crippen LogP contribution in [0.1, 0.15) is 34.8 Å². The first-order chi connectivity index (χ1) is 14.5. The van der Waals surface area contributed by atoms with Gasteiger partial charge in [-0.2, -0.15) is 5.10 Å². The molecule has 7 heteroatoms. The fraction of sp³-hybridized carbons (Fsp3) is 0.435. The van der Waals surface area contributed by atoms with Crippen LogP contribution in [-0.4, -0.2) is 51.9 Å². The Labute approximate surface area is 177 Å². The number of anilines is 1. The topological polar surface area (TPSA) is 67.4 Å². The number of carbonyl (C=O) groups excluding carboxylic acids is 1. The lowest BCUT2D eigenvalue weighted by Crippen LogP contribution is -2.49. The summed E-state index contributed by atoms with van der Waals surface area (Å²) in [7, 11) is 0. The lowest BCUT2D eigenvalue weighted by atomic mass is 10.1. The molecule has 4 rings (SSSR count). The third kappa shape index (κ3) is 3.84. The van der Waals surface area contributed by atoms with Crippen LogP contribution < -0.4 is 4.90 Å². The molecule has 0 unspecified atom stereocenters. The van der Waals surface area contributed by atoms with Crippen molar-refractivity contribution in [1.29, 1.82) is 0 Å². The van der Waals surface area contributed by atoms with Crippen LogP contribution in [0.5, 0.6) is 0 Å². The number of aryl methyl sites for hydroxylation is 3. The van der Waals surface area contributed by atoms with Crippen molar-refractivity contribution in [2.24, 2.45) is 0 Å². The van der Waals surface area contributed by atoms with E-state index >= 15 is 0 Å².